The number of anilines is 1. The van der Waals surface area contributed by atoms with Gasteiger partial charge in [0.25, 0.3) is 0 Å². The highest BCUT2D eigenvalue weighted by Gasteiger charge is 2.31. The molecule has 34 heavy (non-hydrogen) atoms. The van der Waals surface area contributed by atoms with Gasteiger partial charge in [0.05, 0.1) is 6.04 Å². The van der Waals surface area contributed by atoms with E-state index in [9.17, 15) is 4.79 Å². The van der Waals surface area contributed by atoms with Crippen molar-refractivity contribution in [3.8, 4) is 0 Å². The van der Waals surface area contributed by atoms with Crippen LogP contribution in [0.4, 0.5) is 5.69 Å². The van der Waals surface area contributed by atoms with Crippen LogP contribution in [0.1, 0.15) is 40.9 Å². The minimum Gasteiger partial charge on any atom is -0.326 e. The van der Waals surface area contributed by atoms with Gasteiger partial charge in [0.15, 0.2) is 0 Å². The van der Waals surface area contributed by atoms with E-state index in [0.717, 1.165) is 51.3 Å². The Labute approximate surface area is 202 Å². The van der Waals surface area contributed by atoms with Crippen molar-refractivity contribution in [2.45, 2.75) is 25.8 Å². The zero-order valence-electron chi connectivity index (χ0n) is 19.8. The lowest BCUT2D eigenvalue weighted by atomic mass is 9.93. The first-order valence-electron chi connectivity index (χ1n) is 12.2. The number of aromatic nitrogens is 1. The second kappa shape index (κ2) is 10.3. The Morgan fingerprint density at radius 2 is 1.82 bits per heavy atom. The predicted molar refractivity (Wildman–Crippen MR) is 138 cm³/mol. The number of carbonyl (C=O) groups excluding carboxylic acids is 1. The zero-order chi connectivity index (χ0) is 23.3. The van der Waals surface area contributed by atoms with Crippen molar-refractivity contribution in [2.24, 2.45) is 0 Å². The third kappa shape index (κ3) is 5.11. The molecule has 1 saturated heterocycles. The Morgan fingerprint density at radius 1 is 1.00 bits per heavy atom. The molecular weight excluding hydrogens is 420 g/mol. The maximum atomic E-state index is 11.7. The fourth-order valence-corrected chi connectivity index (χ4v) is 5.19. The summed E-state index contributed by atoms with van der Waals surface area (Å²) < 4.78 is 0. The smallest absolute Gasteiger partial charge is 0.221 e. The van der Waals surface area contributed by atoms with Crippen LogP contribution < -0.4 is 5.32 Å². The van der Waals surface area contributed by atoms with Crippen LogP contribution in [0.2, 0.25) is 0 Å². The molecule has 0 bridgehead atoms. The van der Waals surface area contributed by atoms with Gasteiger partial charge in [0, 0.05) is 57.2 Å². The van der Waals surface area contributed by atoms with E-state index in [4.69, 9.17) is 4.98 Å². The average Bonchev–Trinajstić information content (AvgIpc) is 3.01. The molecular formula is C29H32N4O. The average molecular weight is 453 g/mol. The lowest BCUT2D eigenvalue weighted by molar-refractivity contribution is -0.114. The van der Waals surface area contributed by atoms with Crippen molar-refractivity contribution in [1.82, 2.24) is 14.8 Å². The zero-order valence-corrected chi connectivity index (χ0v) is 19.8. The SMILES string of the molecule is CC(=O)Nc1ccc2c(c1)C(N1CCN(CC=Cc3ccccc3)CC1)c1cccnc1CC2. The summed E-state index contributed by atoms with van der Waals surface area (Å²) in [7, 11) is 0. The van der Waals surface area contributed by atoms with E-state index in [1.807, 2.05) is 12.3 Å². The summed E-state index contributed by atoms with van der Waals surface area (Å²) in [6, 6.07) is 21.3. The molecule has 2 aromatic carbocycles. The van der Waals surface area contributed by atoms with Gasteiger partial charge in [-0.3, -0.25) is 19.6 Å². The molecule has 2 heterocycles. The van der Waals surface area contributed by atoms with Gasteiger partial charge in [0.2, 0.25) is 5.91 Å². The fraction of sp³-hybridized carbons (Fsp3) is 0.310. The summed E-state index contributed by atoms with van der Waals surface area (Å²) in [6.07, 6.45) is 8.31. The van der Waals surface area contributed by atoms with Crippen molar-refractivity contribution >= 4 is 17.7 Å². The number of fused-ring (bicyclic) bond motifs is 2. The first-order chi connectivity index (χ1) is 16.7. The van der Waals surface area contributed by atoms with Gasteiger partial charge in [-0.1, -0.05) is 54.6 Å². The quantitative estimate of drug-likeness (QED) is 0.617. The molecule has 1 aromatic heterocycles. The van der Waals surface area contributed by atoms with Gasteiger partial charge in [-0.25, -0.2) is 0 Å². The van der Waals surface area contributed by atoms with Crippen molar-refractivity contribution in [3.05, 3.63) is 101 Å². The Hall–Kier alpha value is -3.28. The summed E-state index contributed by atoms with van der Waals surface area (Å²) in [4.78, 5) is 21.6. The number of nitrogens with zero attached hydrogens (tertiary/aromatic N) is 3. The van der Waals surface area contributed by atoms with Gasteiger partial charge >= 0.3 is 0 Å². The molecule has 5 rings (SSSR count). The Bertz CT molecular complexity index is 1170. The molecule has 1 N–H and O–H groups in total. The largest absolute Gasteiger partial charge is 0.326 e. The van der Waals surface area contributed by atoms with E-state index in [2.05, 4.69) is 81.9 Å². The number of pyridine rings is 1. The number of aryl methyl sites for hydroxylation is 2. The summed E-state index contributed by atoms with van der Waals surface area (Å²) in [5.74, 6) is -0.0376. The Morgan fingerprint density at radius 3 is 2.62 bits per heavy atom. The highest BCUT2D eigenvalue weighted by Crippen LogP contribution is 2.37. The summed E-state index contributed by atoms with van der Waals surface area (Å²) >= 11 is 0. The van der Waals surface area contributed by atoms with Gasteiger partial charge in [-0.15, -0.1) is 0 Å². The third-order valence-corrected chi connectivity index (χ3v) is 6.86. The van der Waals surface area contributed by atoms with E-state index >= 15 is 0 Å². The molecule has 3 aromatic rings. The van der Waals surface area contributed by atoms with Gasteiger partial charge in [-0.2, -0.15) is 0 Å². The van der Waals surface area contributed by atoms with Crippen molar-refractivity contribution in [2.75, 3.05) is 38.0 Å². The van der Waals surface area contributed by atoms with E-state index in [0.29, 0.717) is 0 Å². The summed E-state index contributed by atoms with van der Waals surface area (Å²) in [5, 5.41) is 2.98. The highest BCUT2D eigenvalue weighted by atomic mass is 16.1. The van der Waals surface area contributed by atoms with Crippen LogP contribution in [-0.2, 0) is 17.6 Å². The van der Waals surface area contributed by atoms with Crippen molar-refractivity contribution in [1.29, 1.82) is 0 Å². The molecule has 5 nitrogen and oxygen atoms in total. The molecule has 0 saturated carbocycles. The fourth-order valence-electron chi connectivity index (χ4n) is 5.19. The van der Waals surface area contributed by atoms with Gasteiger partial charge < -0.3 is 5.32 Å². The Kier molecular flexibility index (Phi) is 6.84. The minimum atomic E-state index is -0.0376. The van der Waals surface area contributed by atoms with Gasteiger partial charge in [0.1, 0.15) is 0 Å². The number of hydrogen-bond donors (Lipinski definition) is 1. The standard InChI is InChI=1S/C29H32N4O/c1-22(34)31-25-13-11-24-12-14-28-26(10-5-15-30-28)29(27(24)21-25)33-19-17-32(18-20-33)16-6-9-23-7-3-2-4-8-23/h2-11,13,15,21,29H,12,14,16-20H2,1H3,(H,31,34). The number of piperazine rings is 1. The molecule has 2 aliphatic rings. The molecule has 5 heteroatoms. The molecule has 1 fully saturated rings. The van der Waals surface area contributed by atoms with Gasteiger partial charge in [-0.05, 0) is 53.3 Å². The molecule has 1 aliphatic carbocycles. The van der Waals surface area contributed by atoms with Crippen molar-refractivity contribution in [3.63, 3.8) is 0 Å². The van der Waals surface area contributed by atoms with Crippen LogP contribution in [0.15, 0.2) is 72.9 Å². The first kappa shape index (κ1) is 22.5. The molecule has 1 amide bonds. The van der Waals surface area contributed by atoms with Crippen LogP contribution in [0.25, 0.3) is 6.08 Å². The minimum absolute atomic E-state index is 0.0376. The number of amides is 1. The number of carbonyl (C=O) groups is 1. The predicted octanol–water partition coefficient (Wildman–Crippen LogP) is 4.56. The van der Waals surface area contributed by atoms with Crippen LogP contribution >= 0.6 is 0 Å². The van der Waals surface area contributed by atoms with Crippen LogP contribution in [0.5, 0.6) is 0 Å². The molecule has 0 spiro atoms. The normalized spacial score (nSPS) is 18.8. The highest BCUT2D eigenvalue weighted by molar-refractivity contribution is 5.88. The second-order valence-electron chi connectivity index (χ2n) is 9.19. The molecule has 1 unspecified atom stereocenters. The third-order valence-electron chi connectivity index (χ3n) is 6.86. The molecule has 1 atom stereocenters. The molecule has 174 valence electrons. The summed E-state index contributed by atoms with van der Waals surface area (Å²) in [5.41, 5.74) is 7.26. The Balaban J connectivity index is 1.35. The number of rotatable bonds is 5. The van der Waals surface area contributed by atoms with Crippen LogP contribution in [0, 0.1) is 0 Å². The maximum Gasteiger partial charge on any atom is 0.221 e. The van der Waals surface area contributed by atoms with Crippen LogP contribution in [-0.4, -0.2) is 53.4 Å². The van der Waals surface area contributed by atoms with Crippen LogP contribution in [0.3, 0.4) is 0 Å². The number of nitrogens with one attached hydrogen (secondary N) is 1. The van der Waals surface area contributed by atoms with E-state index in [1.165, 1.54) is 27.9 Å². The monoisotopic (exact) mass is 452 g/mol. The van der Waals surface area contributed by atoms with E-state index < -0.39 is 0 Å². The van der Waals surface area contributed by atoms with Crippen molar-refractivity contribution < 1.29 is 4.79 Å². The lowest BCUT2D eigenvalue weighted by Crippen LogP contribution is -2.48. The van der Waals surface area contributed by atoms with E-state index in [-0.39, 0.29) is 11.9 Å². The second-order valence-corrected chi connectivity index (χ2v) is 9.19. The summed E-state index contributed by atoms with van der Waals surface area (Å²) in [6.45, 7) is 6.60. The number of hydrogen-bond acceptors (Lipinski definition) is 4. The topological polar surface area (TPSA) is 48.5 Å². The number of benzene rings is 2. The molecule has 0 radical (unpaired) electrons. The lowest BCUT2D eigenvalue weighted by Gasteiger charge is -2.40. The first-order valence-corrected chi connectivity index (χ1v) is 12.2. The van der Waals surface area contributed by atoms with E-state index in [1.54, 1.807) is 6.92 Å². The maximum absolute atomic E-state index is 11.7. The molecule has 1 aliphatic heterocycles.